The molecule has 0 amide bonds. The molecular formula is C17H21N7O4. The van der Waals surface area contributed by atoms with Crippen LogP contribution in [-0.2, 0) is 11.3 Å². The van der Waals surface area contributed by atoms with Crippen molar-refractivity contribution in [3.05, 3.63) is 42.2 Å². The number of nitrogens with two attached hydrogens (primary N) is 1. The molecule has 148 valence electrons. The van der Waals surface area contributed by atoms with Crippen molar-refractivity contribution in [2.24, 2.45) is 5.84 Å². The molecule has 1 saturated heterocycles. The van der Waals surface area contributed by atoms with Gasteiger partial charge in [-0.3, -0.25) is 9.99 Å². The summed E-state index contributed by atoms with van der Waals surface area (Å²) in [5.74, 6) is 6.10. The number of hydrogen-bond donors (Lipinski definition) is 6. The predicted octanol–water partition coefficient (Wildman–Crippen LogP) is -0.665. The number of nitrogen functional groups attached to an aromatic ring is 1. The summed E-state index contributed by atoms with van der Waals surface area (Å²) in [5, 5.41) is 32.8. The van der Waals surface area contributed by atoms with E-state index in [4.69, 9.17) is 10.6 Å². The second kappa shape index (κ2) is 7.66. The normalized spacial score (nSPS) is 24.6. The molecule has 1 aromatic carbocycles. The van der Waals surface area contributed by atoms with E-state index in [-0.39, 0.29) is 5.95 Å². The number of imidazole rings is 1. The number of aromatic nitrogens is 4. The lowest BCUT2D eigenvalue weighted by molar-refractivity contribution is -0.0511. The molecule has 2 aromatic heterocycles. The van der Waals surface area contributed by atoms with E-state index in [1.165, 1.54) is 10.9 Å². The lowest BCUT2D eigenvalue weighted by atomic mass is 10.1. The molecule has 0 bridgehead atoms. The molecule has 11 nitrogen and oxygen atoms in total. The topological polar surface area (TPSA) is 164 Å². The molecule has 7 N–H and O–H groups in total. The van der Waals surface area contributed by atoms with E-state index in [1.807, 2.05) is 30.3 Å². The zero-order chi connectivity index (χ0) is 19.7. The maximum Gasteiger partial charge on any atom is 0.241 e. The Morgan fingerprint density at radius 3 is 2.61 bits per heavy atom. The van der Waals surface area contributed by atoms with Gasteiger partial charge in [0, 0.05) is 6.54 Å². The smallest absolute Gasteiger partial charge is 0.241 e. The first-order chi connectivity index (χ1) is 13.6. The summed E-state index contributed by atoms with van der Waals surface area (Å²) in [7, 11) is 0. The van der Waals surface area contributed by atoms with Crippen LogP contribution in [0.15, 0.2) is 36.7 Å². The van der Waals surface area contributed by atoms with Gasteiger partial charge in [0.1, 0.15) is 18.3 Å². The Balaban J connectivity index is 1.69. The van der Waals surface area contributed by atoms with Crippen LogP contribution in [0.2, 0.25) is 0 Å². The SMILES string of the molecule is NNc1nc(NCc2ccccc2)c2ncn([C@@H]3O[C@H](CO)[C@H](O)[C@@H]3O)c2n1. The fraction of sp³-hybridized carbons (Fsp3) is 0.353. The monoisotopic (exact) mass is 387 g/mol. The van der Waals surface area contributed by atoms with Crippen LogP contribution in [0.5, 0.6) is 0 Å². The largest absolute Gasteiger partial charge is 0.394 e. The molecule has 1 aliphatic rings. The lowest BCUT2D eigenvalue weighted by Gasteiger charge is -2.17. The molecule has 11 heteroatoms. The van der Waals surface area contributed by atoms with Crippen LogP contribution in [-0.4, -0.2) is 59.8 Å². The number of hydrazine groups is 1. The Hall–Kier alpha value is -2.83. The number of hydrogen-bond acceptors (Lipinski definition) is 10. The summed E-state index contributed by atoms with van der Waals surface area (Å²) in [6, 6.07) is 9.77. The predicted molar refractivity (Wildman–Crippen MR) is 99.9 cm³/mol. The Labute approximate surface area is 159 Å². The Morgan fingerprint density at radius 2 is 1.93 bits per heavy atom. The van der Waals surface area contributed by atoms with Gasteiger partial charge >= 0.3 is 0 Å². The number of nitrogens with zero attached hydrogens (tertiary/aromatic N) is 4. The van der Waals surface area contributed by atoms with Crippen LogP contribution in [0.1, 0.15) is 11.8 Å². The molecule has 4 rings (SSSR count). The molecule has 3 heterocycles. The van der Waals surface area contributed by atoms with Crippen molar-refractivity contribution < 1.29 is 20.1 Å². The van der Waals surface area contributed by atoms with E-state index in [1.54, 1.807) is 0 Å². The van der Waals surface area contributed by atoms with Gasteiger partial charge in [0.2, 0.25) is 5.95 Å². The van der Waals surface area contributed by atoms with Crippen LogP contribution >= 0.6 is 0 Å². The van der Waals surface area contributed by atoms with E-state index in [0.717, 1.165) is 5.56 Å². The Morgan fingerprint density at radius 1 is 1.14 bits per heavy atom. The fourth-order valence-corrected chi connectivity index (χ4v) is 3.18. The molecule has 28 heavy (non-hydrogen) atoms. The van der Waals surface area contributed by atoms with Crippen molar-refractivity contribution in [2.75, 3.05) is 17.3 Å². The van der Waals surface area contributed by atoms with Crippen molar-refractivity contribution in [3.63, 3.8) is 0 Å². The third-order valence-electron chi connectivity index (χ3n) is 4.64. The molecule has 0 saturated carbocycles. The van der Waals surface area contributed by atoms with Crippen molar-refractivity contribution in [1.29, 1.82) is 0 Å². The summed E-state index contributed by atoms with van der Waals surface area (Å²) in [5.41, 5.74) is 4.27. The summed E-state index contributed by atoms with van der Waals surface area (Å²) >= 11 is 0. The molecule has 0 spiro atoms. The average Bonchev–Trinajstić information content (AvgIpc) is 3.28. The molecular weight excluding hydrogens is 366 g/mol. The number of nitrogens with one attached hydrogen (secondary N) is 2. The standard InChI is InChI=1S/C17H21N7O4/c18-23-17-21-14(19-6-9-4-2-1-3-5-9)11-15(22-17)24(8-20-11)16-13(27)12(26)10(7-25)28-16/h1-5,8,10,12-13,16,25-27H,6-7,18H2,(H2,19,21,22,23)/t10-,12+,13+,16-/m1/s1. The van der Waals surface area contributed by atoms with Crippen LogP contribution < -0.4 is 16.6 Å². The summed E-state index contributed by atoms with van der Waals surface area (Å²) in [4.78, 5) is 12.9. The number of ether oxygens (including phenoxy) is 1. The van der Waals surface area contributed by atoms with Crippen molar-refractivity contribution in [2.45, 2.75) is 31.1 Å². The minimum absolute atomic E-state index is 0.150. The number of aliphatic hydroxyl groups excluding tert-OH is 3. The highest BCUT2D eigenvalue weighted by molar-refractivity contribution is 5.84. The highest BCUT2D eigenvalue weighted by Gasteiger charge is 2.44. The van der Waals surface area contributed by atoms with E-state index in [2.05, 4.69) is 25.7 Å². The zero-order valence-electron chi connectivity index (χ0n) is 14.8. The quantitative estimate of drug-likeness (QED) is 0.236. The zero-order valence-corrected chi connectivity index (χ0v) is 14.8. The van der Waals surface area contributed by atoms with Crippen LogP contribution in [0, 0.1) is 0 Å². The van der Waals surface area contributed by atoms with Crippen LogP contribution in [0.25, 0.3) is 11.2 Å². The number of benzene rings is 1. The molecule has 3 aromatic rings. The molecule has 0 aliphatic carbocycles. The van der Waals surface area contributed by atoms with E-state index in [0.29, 0.717) is 23.5 Å². The highest BCUT2D eigenvalue weighted by atomic mass is 16.6. The second-order valence-electron chi connectivity index (χ2n) is 6.43. The van der Waals surface area contributed by atoms with Gasteiger partial charge < -0.3 is 25.4 Å². The van der Waals surface area contributed by atoms with Crippen LogP contribution in [0.4, 0.5) is 11.8 Å². The number of fused-ring (bicyclic) bond motifs is 1. The van der Waals surface area contributed by atoms with Crippen molar-refractivity contribution in [1.82, 2.24) is 19.5 Å². The second-order valence-corrected chi connectivity index (χ2v) is 6.43. The van der Waals surface area contributed by atoms with Gasteiger partial charge in [-0.2, -0.15) is 9.97 Å². The van der Waals surface area contributed by atoms with E-state index in [9.17, 15) is 15.3 Å². The van der Waals surface area contributed by atoms with Crippen LogP contribution in [0.3, 0.4) is 0 Å². The first-order valence-corrected chi connectivity index (χ1v) is 8.73. The van der Waals surface area contributed by atoms with Crippen molar-refractivity contribution in [3.8, 4) is 0 Å². The maximum atomic E-state index is 10.3. The Bertz CT molecular complexity index is 951. The lowest BCUT2D eigenvalue weighted by Crippen LogP contribution is -2.33. The van der Waals surface area contributed by atoms with E-state index < -0.39 is 31.1 Å². The number of aliphatic hydroxyl groups is 3. The molecule has 1 aliphatic heterocycles. The van der Waals surface area contributed by atoms with Gasteiger partial charge in [-0.15, -0.1) is 0 Å². The van der Waals surface area contributed by atoms with Gasteiger partial charge in [0.05, 0.1) is 12.9 Å². The first kappa shape index (κ1) is 18.5. The number of anilines is 2. The van der Waals surface area contributed by atoms with Gasteiger partial charge in [0.15, 0.2) is 23.2 Å². The fourth-order valence-electron chi connectivity index (χ4n) is 3.18. The maximum absolute atomic E-state index is 10.3. The van der Waals surface area contributed by atoms with Gasteiger partial charge in [-0.05, 0) is 5.56 Å². The minimum atomic E-state index is -1.25. The average molecular weight is 387 g/mol. The minimum Gasteiger partial charge on any atom is -0.394 e. The first-order valence-electron chi connectivity index (χ1n) is 8.73. The third-order valence-corrected chi connectivity index (χ3v) is 4.64. The summed E-state index contributed by atoms with van der Waals surface area (Å²) < 4.78 is 7.05. The molecule has 0 radical (unpaired) electrons. The number of rotatable bonds is 6. The van der Waals surface area contributed by atoms with E-state index >= 15 is 0 Å². The van der Waals surface area contributed by atoms with Crippen molar-refractivity contribution >= 4 is 22.9 Å². The molecule has 0 unspecified atom stereocenters. The van der Waals surface area contributed by atoms with Gasteiger partial charge in [-0.1, -0.05) is 30.3 Å². The van der Waals surface area contributed by atoms with Gasteiger partial charge in [-0.25, -0.2) is 10.8 Å². The van der Waals surface area contributed by atoms with Gasteiger partial charge in [0.25, 0.3) is 0 Å². The third kappa shape index (κ3) is 3.25. The summed E-state index contributed by atoms with van der Waals surface area (Å²) in [6.07, 6.45) is -2.90. The highest BCUT2D eigenvalue weighted by Crippen LogP contribution is 2.32. The Kier molecular flexibility index (Phi) is 5.07. The summed E-state index contributed by atoms with van der Waals surface area (Å²) in [6.45, 7) is 0.0908. The molecule has 1 fully saturated rings. The molecule has 4 atom stereocenters.